The highest BCUT2D eigenvalue weighted by Gasteiger charge is 2.38. The molecule has 30 heavy (non-hydrogen) atoms. The zero-order valence-electron chi connectivity index (χ0n) is 16.3. The molecule has 4 aromatic heterocycles. The molecule has 1 N–H and O–H groups in total. The van der Waals surface area contributed by atoms with Gasteiger partial charge in [0.1, 0.15) is 6.04 Å². The number of imidazole rings is 1. The first kappa shape index (κ1) is 18.4. The van der Waals surface area contributed by atoms with Crippen LogP contribution in [0.2, 0.25) is 0 Å². The summed E-state index contributed by atoms with van der Waals surface area (Å²) in [6, 6.07) is 5.23. The second-order valence-corrected chi connectivity index (χ2v) is 7.23. The van der Waals surface area contributed by atoms with Crippen molar-refractivity contribution < 1.29 is 13.6 Å². The molecular formula is C19H18F2N8O. The molecule has 0 bridgehead atoms. The minimum absolute atomic E-state index is 0.144. The number of rotatable bonds is 3. The number of H-pyrrole nitrogens is 1. The SMILES string of the molecule is Cc1cccn2nc(C3c4nc[nH]c4CCN3C(=O)c3nc(C(F)F)nn3C)cc12. The Bertz CT molecular complexity index is 1260. The number of nitrogens with zero attached hydrogens (tertiary/aromatic N) is 7. The lowest BCUT2D eigenvalue weighted by atomic mass is 9.99. The van der Waals surface area contributed by atoms with Crippen LogP contribution >= 0.6 is 0 Å². The first-order valence-electron chi connectivity index (χ1n) is 9.41. The van der Waals surface area contributed by atoms with Crippen LogP contribution in [0.5, 0.6) is 0 Å². The third-order valence-corrected chi connectivity index (χ3v) is 5.36. The van der Waals surface area contributed by atoms with E-state index in [1.807, 2.05) is 31.3 Å². The van der Waals surface area contributed by atoms with Crippen LogP contribution in [-0.4, -0.2) is 51.7 Å². The molecule has 1 atom stereocenters. The molecule has 0 saturated heterocycles. The average Bonchev–Trinajstić information content (AvgIpc) is 3.44. The highest BCUT2D eigenvalue weighted by Crippen LogP contribution is 2.34. The van der Waals surface area contributed by atoms with Gasteiger partial charge in [0.15, 0.2) is 0 Å². The van der Waals surface area contributed by atoms with Crippen LogP contribution in [0.3, 0.4) is 0 Å². The molecule has 1 unspecified atom stereocenters. The molecule has 0 radical (unpaired) electrons. The van der Waals surface area contributed by atoms with E-state index in [-0.39, 0.29) is 5.82 Å². The van der Waals surface area contributed by atoms with E-state index in [1.165, 1.54) is 7.05 Å². The number of nitrogens with one attached hydrogen (secondary N) is 1. The van der Waals surface area contributed by atoms with E-state index in [0.29, 0.717) is 24.4 Å². The van der Waals surface area contributed by atoms with Crippen molar-refractivity contribution in [3.05, 3.63) is 65.0 Å². The molecule has 5 rings (SSSR count). The Balaban J connectivity index is 1.62. The number of halogens is 2. The summed E-state index contributed by atoms with van der Waals surface area (Å²) in [7, 11) is 1.43. The van der Waals surface area contributed by atoms with Gasteiger partial charge in [0, 0.05) is 31.9 Å². The van der Waals surface area contributed by atoms with Crippen molar-refractivity contribution in [1.29, 1.82) is 0 Å². The number of aromatic nitrogens is 7. The first-order chi connectivity index (χ1) is 14.4. The molecule has 9 nitrogen and oxygen atoms in total. The predicted molar refractivity (Wildman–Crippen MR) is 101 cm³/mol. The van der Waals surface area contributed by atoms with Gasteiger partial charge in [0.25, 0.3) is 12.3 Å². The zero-order chi connectivity index (χ0) is 21.0. The Labute approximate surface area is 169 Å². The molecular weight excluding hydrogens is 394 g/mol. The number of carbonyl (C=O) groups excluding carboxylic acids is 1. The molecule has 154 valence electrons. The van der Waals surface area contributed by atoms with Gasteiger partial charge >= 0.3 is 0 Å². The van der Waals surface area contributed by atoms with Gasteiger partial charge in [0.2, 0.25) is 11.6 Å². The number of aryl methyl sites for hydroxylation is 2. The maximum absolute atomic E-state index is 13.3. The van der Waals surface area contributed by atoms with E-state index >= 15 is 0 Å². The summed E-state index contributed by atoms with van der Waals surface area (Å²) in [6.07, 6.45) is 1.13. The van der Waals surface area contributed by atoms with E-state index in [0.717, 1.165) is 21.5 Å². The quantitative estimate of drug-likeness (QED) is 0.557. The van der Waals surface area contributed by atoms with Gasteiger partial charge in [-0.15, -0.1) is 5.10 Å². The molecule has 0 aromatic carbocycles. The fourth-order valence-corrected chi connectivity index (χ4v) is 3.92. The lowest BCUT2D eigenvalue weighted by Crippen LogP contribution is -2.42. The Kier molecular flexibility index (Phi) is 4.12. The fourth-order valence-electron chi connectivity index (χ4n) is 3.92. The summed E-state index contributed by atoms with van der Waals surface area (Å²) >= 11 is 0. The van der Waals surface area contributed by atoms with E-state index in [4.69, 9.17) is 0 Å². The van der Waals surface area contributed by atoms with Crippen LogP contribution in [0.4, 0.5) is 8.78 Å². The lowest BCUT2D eigenvalue weighted by Gasteiger charge is -2.33. The number of aromatic amines is 1. The molecule has 1 aliphatic rings. The zero-order valence-corrected chi connectivity index (χ0v) is 16.3. The number of pyridine rings is 1. The molecule has 4 aromatic rings. The maximum atomic E-state index is 13.3. The summed E-state index contributed by atoms with van der Waals surface area (Å²) in [6.45, 7) is 2.35. The molecule has 0 spiro atoms. The summed E-state index contributed by atoms with van der Waals surface area (Å²) in [5.41, 5.74) is 4.21. The van der Waals surface area contributed by atoms with Crippen LogP contribution in [0, 0.1) is 6.92 Å². The van der Waals surface area contributed by atoms with Crippen molar-refractivity contribution in [3.8, 4) is 0 Å². The number of fused-ring (bicyclic) bond motifs is 2. The molecule has 0 aliphatic carbocycles. The number of carbonyl (C=O) groups is 1. The average molecular weight is 412 g/mol. The maximum Gasteiger partial charge on any atom is 0.299 e. The van der Waals surface area contributed by atoms with E-state index < -0.39 is 24.2 Å². The van der Waals surface area contributed by atoms with Crippen LogP contribution in [0.25, 0.3) is 5.52 Å². The Morgan fingerprint density at radius 3 is 2.90 bits per heavy atom. The second kappa shape index (κ2) is 6.71. The van der Waals surface area contributed by atoms with Gasteiger partial charge in [-0.1, -0.05) is 6.07 Å². The fraction of sp³-hybridized carbons (Fsp3) is 0.316. The number of amides is 1. The molecule has 0 fully saturated rings. The largest absolute Gasteiger partial charge is 0.348 e. The normalized spacial score (nSPS) is 16.4. The minimum Gasteiger partial charge on any atom is -0.348 e. The summed E-state index contributed by atoms with van der Waals surface area (Å²) in [5, 5.41) is 8.33. The standard InChI is InChI=1S/C19H18F2N8O/c1-10-4-3-6-29-13(10)8-12(25-29)15-14-11(22-9-23-14)5-7-28(15)19(30)18-24-17(16(20)21)26-27(18)2/h3-4,6,8-9,15-16H,5,7H2,1-2H3,(H,22,23). The van der Waals surface area contributed by atoms with E-state index in [2.05, 4.69) is 25.1 Å². The van der Waals surface area contributed by atoms with Gasteiger partial charge in [-0.2, -0.15) is 5.10 Å². The minimum atomic E-state index is -2.85. The highest BCUT2D eigenvalue weighted by atomic mass is 19.3. The van der Waals surface area contributed by atoms with E-state index in [1.54, 1.807) is 15.7 Å². The molecule has 5 heterocycles. The highest BCUT2D eigenvalue weighted by molar-refractivity contribution is 5.91. The van der Waals surface area contributed by atoms with Gasteiger partial charge in [-0.25, -0.2) is 27.9 Å². The summed E-state index contributed by atoms with van der Waals surface area (Å²) in [4.78, 5) is 26.2. The predicted octanol–water partition coefficient (Wildman–Crippen LogP) is 2.22. The number of alkyl halides is 2. The van der Waals surface area contributed by atoms with Crippen LogP contribution < -0.4 is 0 Å². The van der Waals surface area contributed by atoms with Gasteiger partial charge in [-0.05, 0) is 24.6 Å². The Hall–Kier alpha value is -3.63. The Morgan fingerprint density at radius 1 is 1.33 bits per heavy atom. The van der Waals surface area contributed by atoms with Crippen molar-refractivity contribution in [1.82, 2.24) is 39.2 Å². The van der Waals surface area contributed by atoms with Crippen molar-refractivity contribution in [2.75, 3.05) is 6.54 Å². The third kappa shape index (κ3) is 2.77. The van der Waals surface area contributed by atoms with Crippen molar-refractivity contribution >= 4 is 11.4 Å². The molecule has 0 saturated carbocycles. The van der Waals surface area contributed by atoms with Crippen LogP contribution in [0.15, 0.2) is 30.7 Å². The van der Waals surface area contributed by atoms with E-state index in [9.17, 15) is 13.6 Å². The monoisotopic (exact) mass is 412 g/mol. The lowest BCUT2D eigenvalue weighted by molar-refractivity contribution is 0.0669. The van der Waals surface area contributed by atoms with Gasteiger partial charge in [0.05, 0.1) is 23.2 Å². The molecule has 1 amide bonds. The number of hydrogen-bond donors (Lipinski definition) is 1. The van der Waals surface area contributed by atoms with Crippen molar-refractivity contribution in [3.63, 3.8) is 0 Å². The molecule has 11 heteroatoms. The summed E-state index contributed by atoms with van der Waals surface area (Å²) in [5.74, 6) is -1.31. The van der Waals surface area contributed by atoms with Crippen molar-refractivity contribution in [2.45, 2.75) is 25.8 Å². The van der Waals surface area contributed by atoms with Crippen LogP contribution in [0.1, 0.15) is 51.6 Å². The smallest absolute Gasteiger partial charge is 0.299 e. The molecule has 1 aliphatic heterocycles. The summed E-state index contributed by atoms with van der Waals surface area (Å²) < 4.78 is 28.9. The van der Waals surface area contributed by atoms with Crippen molar-refractivity contribution in [2.24, 2.45) is 7.05 Å². The van der Waals surface area contributed by atoms with Crippen LogP contribution in [-0.2, 0) is 13.5 Å². The third-order valence-electron chi connectivity index (χ3n) is 5.36. The Morgan fingerprint density at radius 2 is 2.17 bits per heavy atom. The van der Waals surface area contributed by atoms with Gasteiger partial charge < -0.3 is 9.88 Å². The topological polar surface area (TPSA) is 97.0 Å². The van der Waals surface area contributed by atoms with Gasteiger partial charge in [-0.3, -0.25) is 4.79 Å². The first-order valence-corrected chi connectivity index (χ1v) is 9.41. The number of hydrogen-bond acceptors (Lipinski definition) is 5. The second-order valence-electron chi connectivity index (χ2n) is 7.23.